The minimum Gasteiger partial charge on any atom is -0.350 e. The summed E-state index contributed by atoms with van der Waals surface area (Å²) in [5, 5.41) is 6.45. The molecule has 1 heterocycles. The number of anilines is 2. The number of amides is 1. The molecule has 2 N–H and O–H groups in total. The largest absolute Gasteiger partial charge is 0.350 e. The highest BCUT2D eigenvalue weighted by molar-refractivity contribution is 6.33. The van der Waals surface area contributed by atoms with Gasteiger partial charge in [-0.25, -0.2) is 9.97 Å². The summed E-state index contributed by atoms with van der Waals surface area (Å²) in [5.41, 5.74) is 1.74. The second-order valence-corrected chi connectivity index (χ2v) is 5.83. The molecule has 1 aromatic heterocycles. The molecule has 116 valence electrons. The van der Waals surface area contributed by atoms with Gasteiger partial charge in [-0.1, -0.05) is 37.6 Å². The molecule has 0 unspecified atom stereocenters. The van der Waals surface area contributed by atoms with Crippen LogP contribution in [0.15, 0.2) is 30.3 Å². The lowest BCUT2D eigenvalue weighted by Gasteiger charge is -2.10. The Morgan fingerprint density at radius 3 is 2.68 bits per heavy atom. The summed E-state index contributed by atoms with van der Waals surface area (Å²) in [6.07, 6.45) is 0. The minimum atomic E-state index is -0.207. The van der Waals surface area contributed by atoms with E-state index in [1.54, 1.807) is 12.1 Å². The Labute approximate surface area is 135 Å². The molecular weight excluding hydrogens is 300 g/mol. The van der Waals surface area contributed by atoms with Crippen molar-refractivity contribution in [1.29, 1.82) is 0 Å². The van der Waals surface area contributed by atoms with E-state index in [1.807, 2.05) is 39.0 Å². The number of nitrogens with zero attached hydrogens (tertiary/aromatic N) is 2. The van der Waals surface area contributed by atoms with Crippen molar-refractivity contribution in [3.8, 4) is 0 Å². The molecule has 5 nitrogen and oxygen atoms in total. The molecule has 0 radical (unpaired) electrons. The normalized spacial score (nSPS) is 10.6. The van der Waals surface area contributed by atoms with E-state index in [2.05, 4.69) is 20.6 Å². The van der Waals surface area contributed by atoms with Crippen LogP contribution >= 0.6 is 11.6 Å². The van der Waals surface area contributed by atoms with Gasteiger partial charge in [0.2, 0.25) is 5.95 Å². The molecule has 0 saturated carbocycles. The van der Waals surface area contributed by atoms with E-state index in [4.69, 9.17) is 11.6 Å². The molecule has 0 aliphatic carbocycles. The van der Waals surface area contributed by atoms with Crippen molar-refractivity contribution in [2.75, 3.05) is 11.9 Å². The van der Waals surface area contributed by atoms with E-state index >= 15 is 0 Å². The maximum atomic E-state index is 12.1. The highest BCUT2D eigenvalue weighted by Gasteiger charge is 2.11. The summed E-state index contributed by atoms with van der Waals surface area (Å²) in [6, 6.07) is 8.96. The summed E-state index contributed by atoms with van der Waals surface area (Å²) in [6.45, 7) is 6.50. The third-order valence-corrected chi connectivity index (χ3v) is 3.21. The van der Waals surface area contributed by atoms with Crippen LogP contribution in [0, 0.1) is 12.8 Å². The number of aromatic nitrogens is 2. The van der Waals surface area contributed by atoms with E-state index in [0.29, 0.717) is 40.5 Å². The number of hydrogen-bond donors (Lipinski definition) is 2. The van der Waals surface area contributed by atoms with Gasteiger partial charge in [-0.3, -0.25) is 4.79 Å². The molecule has 2 aromatic rings. The van der Waals surface area contributed by atoms with Crippen LogP contribution in [0.3, 0.4) is 0 Å². The molecule has 0 spiro atoms. The van der Waals surface area contributed by atoms with Crippen molar-refractivity contribution in [3.63, 3.8) is 0 Å². The van der Waals surface area contributed by atoms with Crippen LogP contribution in [0.2, 0.25) is 5.02 Å². The Hall–Kier alpha value is -2.14. The van der Waals surface area contributed by atoms with Gasteiger partial charge < -0.3 is 10.6 Å². The Kier molecular flexibility index (Phi) is 5.33. The zero-order chi connectivity index (χ0) is 16.1. The fourth-order valence-electron chi connectivity index (χ4n) is 1.81. The zero-order valence-corrected chi connectivity index (χ0v) is 13.6. The van der Waals surface area contributed by atoms with Crippen molar-refractivity contribution in [2.45, 2.75) is 20.8 Å². The first-order valence-corrected chi connectivity index (χ1v) is 7.49. The molecule has 1 amide bonds. The number of carbonyl (C=O) groups is 1. The summed E-state index contributed by atoms with van der Waals surface area (Å²) >= 11 is 6.10. The topological polar surface area (TPSA) is 66.9 Å². The lowest BCUT2D eigenvalue weighted by atomic mass is 10.2. The number of hydrogen-bond acceptors (Lipinski definition) is 4. The molecule has 0 fully saturated rings. The van der Waals surface area contributed by atoms with Crippen LogP contribution in [0.1, 0.15) is 30.0 Å². The third kappa shape index (κ3) is 4.43. The first-order chi connectivity index (χ1) is 10.5. The first kappa shape index (κ1) is 16.2. The van der Waals surface area contributed by atoms with E-state index in [0.717, 1.165) is 0 Å². The van der Waals surface area contributed by atoms with E-state index in [9.17, 15) is 4.79 Å². The van der Waals surface area contributed by atoms with E-state index in [-0.39, 0.29) is 5.91 Å². The van der Waals surface area contributed by atoms with Crippen LogP contribution in [0.4, 0.5) is 11.6 Å². The number of para-hydroxylation sites is 1. The maximum absolute atomic E-state index is 12.1. The second-order valence-electron chi connectivity index (χ2n) is 5.43. The van der Waals surface area contributed by atoms with Crippen LogP contribution in [-0.2, 0) is 0 Å². The molecule has 0 saturated heterocycles. The van der Waals surface area contributed by atoms with Gasteiger partial charge in [0.15, 0.2) is 0 Å². The second kappa shape index (κ2) is 7.22. The summed E-state index contributed by atoms with van der Waals surface area (Å²) in [7, 11) is 0. The molecule has 0 bridgehead atoms. The van der Waals surface area contributed by atoms with E-state index in [1.165, 1.54) is 0 Å². The van der Waals surface area contributed by atoms with Crippen molar-refractivity contribution < 1.29 is 4.79 Å². The standard InChI is InChI=1S/C16H19ClN4O/c1-10(2)9-18-15(22)14-8-11(3)19-16(21-14)20-13-7-5-4-6-12(13)17/h4-8,10H,9H2,1-3H3,(H,18,22)(H,19,20,21). The summed E-state index contributed by atoms with van der Waals surface area (Å²) in [5.74, 6) is 0.525. The highest BCUT2D eigenvalue weighted by Crippen LogP contribution is 2.23. The van der Waals surface area contributed by atoms with Crippen molar-refractivity contribution >= 4 is 29.1 Å². The number of nitrogens with one attached hydrogen (secondary N) is 2. The molecular formula is C16H19ClN4O. The zero-order valence-electron chi connectivity index (χ0n) is 12.9. The predicted octanol–water partition coefficient (Wildman–Crippen LogP) is 3.57. The molecule has 2 rings (SSSR count). The lowest BCUT2D eigenvalue weighted by molar-refractivity contribution is 0.0944. The van der Waals surface area contributed by atoms with Gasteiger partial charge in [-0.15, -0.1) is 0 Å². The number of carbonyl (C=O) groups excluding carboxylic acids is 1. The first-order valence-electron chi connectivity index (χ1n) is 7.11. The SMILES string of the molecule is Cc1cc(C(=O)NCC(C)C)nc(Nc2ccccc2Cl)n1. The van der Waals surface area contributed by atoms with Crippen LogP contribution in [0.25, 0.3) is 0 Å². The molecule has 22 heavy (non-hydrogen) atoms. The summed E-state index contributed by atoms with van der Waals surface area (Å²) < 4.78 is 0. The third-order valence-electron chi connectivity index (χ3n) is 2.88. The minimum absolute atomic E-state index is 0.207. The van der Waals surface area contributed by atoms with E-state index < -0.39 is 0 Å². The maximum Gasteiger partial charge on any atom is 0.270 e. The average molecular weight is 319 g/mol. The fraction of sp³-hybridized carbons (Fsp3) is 0.312. The highest BCUT2D eigenvalue weighted by atomic mass is 35.5. The molecule has 0 aliphatic rings. The van der Waals surface area contributed by atoms with Crippen molar-refractivity contribution in [1.82, 2.24) is 15.3 Å². The number of rotatable bonds is 5. The number of aryl methyl sites for hydroxylation is 1. The molecule has 6 heteroatoms. The number of benzene rings is 1. The molecule has 0 atom stereocenters. The predicted molar refractivity (Wildman–Crippen MR) is 88.7 cm³/mol. The fourth-order valence-corrected chi connectivity index (χ4v) is 1.99. The smallest absolute Gasteiger partial charge is 0.270 e. The van der Waals surface area contributed by atoms with Crippen LogP contribution in [-0.4, -0.2) is 22.4 Å². The Morgan fingerprint density at radius 2 is 2.00 bits per heavy atom. The van der Waals surface area contributed by atoms with Crippen molar-refractivity contribution in [2.24, 2.45) is 5.92 Å². The van der Waals surface area contributed by atoms with Gasteiger partial charge in [0.05, 0.1) is 10.7 Å². The number of halogens is 1. The Bertz CT molecular complexity index is 673. The average Bonchev–Trinajstić information content (AvgIpc) is 2.46. The van der Waals surface area contributed by atoms with Crippen LogP contribution < -0.4 is 10.6 Å². The molecule has 0 aliphatic heterocycles. The van der Waals surface area contributed by atoms with Gasteiger partial charge in [0.25, 0.3) is 5.91 Å². The van der Waals surface area contributed by atoms with Gasteiger partial charge >= 0.3 is 0 Å². The van der Waals surface area contributed by atoms with Crippen molar-refractivity contribution in [3.05, 3.63) is 46.7 Å². The summed E-state index contributed by atoms with van der Waals surface area (Å²) in [4.78, 5) is 20.7. The van der Waals surface area contributed by atoms with Gasteiger partial charge in [0, 0.05) is 12.2 Å². The quantitative estimate of drug-likeness (QED) is 0.884. The van der Waals surface area contributed by atoms with Gasteiger partial charge in [-0.05, 0) is 31.0 Å². The van der Waals surface area contributed by atoms with Gasteiger partial charge in [0.1, 0.15) is 5.69 Å². The Balaban J connectivity index is 2.20. The molecule has 1 aromatic carbocycles. The lowest BCUT2D eigenvalue weighted by Crippen LogP contribution is -2.28. The van der Waals surface area contributed by atoms with Gasteiger partial charge in [-0.2, -0.15) is 0 Å². The van der Waals surface area contributed by atoms with Crippen LogP contribution in [0.5, 0.6) is 0 Å². The monoisotopic (exact) mass is 318 g/mol. The Morgan fingerprint density at radius 1 is 1.27 bits per heavy atom.